The highest BCUT2D eigenvalue weighted by Gasteiger charge is 2.39. The van der Waals surface area contributed by atoms with Crippen LogP contribution in [-0.4, -0.2) is 56.9 Å². The number of H-pyrrole nitrogens is 1. The number of hydrogen-bond donors (Lipinski definition) is 1. The Balaban J connectivity index is 1.37. The van der Waals surface area contributed by atoms with E-state index in [1.165, 1.54) is 23.4 Å². The van der Waals surface area contributed by atoms with Gasteiger partial charge in [-0.2, -0.15) is 14.9 Å². The number of halogens is 5. The fraction of sp³-hybridized carbons (Fsp3) is 0.238. The summed E-state index contributed by atoms with van der Waals surface area (Å²) in [6, 6.07) is 6.04. The second-order valence-corrected chi connectivity index (χ2v) is 8.10. The van der Waals surface area contributed by atoms with E-state index >= 15 is 0 Å². The summed E-state index contributed by atoms with van der Waals surface area (Å²) in [5, 5.41) is 15.1. The summed E-state index contributed by atoms with van der Waals surface area (Å²) in [6.07, 6.45) is -4.99. The highest BCUT2D eigenvalue weighted by Crippen LogP contribution is 2.35. The van der Waals surface area contributed by atoms with Gasteiger partial charge in [-0.05, 0) is 24.3 Å². The minimum absolute atomic E-state index is 0.161. The largest absolute Gasteiger partial charge is 0.504 e. The maximum absolute atomic E-state index is 13.5. The molecule has 0 saturated carbocycles. The Morgan fingerprint density at radius 3 is 2.76 bits per heavy atom. The third kappa shape index (κ3) is 3.80. The zero-order chi connectivity index (χ0) is 25.9. The summed E-state index contributed by atoms with van der Waals surface area (Å²) in [4.78, 5) is 22.1. The zero-order valence-electron chi connectivity index (χ0n) is 18.4. The molecule has 5 aromatic heterocycles. The molecule has 6 heterocycles. The van der Waals surface area contributed by atoms with Crippen LogP contribution in [0.1, 0.15) is 45.9 Å². The Labute approximate surface area is 202 Å². The van der Waals surface area contributed by atoms with Gasteiger partial charge in [-0.25, -0.2) is 18.3 Å². The van der Waals surface area contributed by atoms with Crippen molar-refractivity contribution < 1.29 is 31.2 Å². The van der Waals surface area contributed by atoms with E-state index in [2.05, 4.69) is 30.4 Å². The average Bonchev–Trinajstić information content (AvgIpc) is 3.66. The van der Waals surface area contributed by atoms with Crippen molar-refractivity contribution in [3.8, 4) is 11.6 Å². The SMILES string of the molecule is O=C(c1nnc(-c2ccn(C(F)(F)F)n2)o1)N1CCc2[nH]cnc2[C@H]1c1cc2cccc(C(F)F)n2n1. The van der Waals surface area contributed by atoms with Crippen LogP contribution in [0, 0.1) is 0 Å². The highest BCUT2D eigenvalue weighted by molar-refractivity contribution is 5.90. The van der Waals surface area contributed by atoms with Crippen molar-refractivity contribution in [1.29, 1.82) is 0 Å². The summed E-state index contributed by atoms with van der Waals surface area (Å²) in [7, 11) is 0. The van der Waals surface area contributed by atoms with E-state index in [1.807, 2.05) is 0 Å². The molecule has 1 aliphatic rings. The number of nitrogens with one attached hydrogen (secondary N) is 1. The molecule has 0 saturated heterocycles. The maximum atomic E-state index is 13.5. The van der Waals surface area contributed by atoms with E-state index in [1.54, 1.807) is 12.1 Å². The number of carbonyl (C=O) groups is 1. The molecule has 0 spiro atoms. The lowest BCUT2D eigenvalue weighted by Gasteiger charge is -2.32. The van der Waals surface area contributed by atoms with E-state index in [4.69, 9.17) is 4.42 Å². The molecule has 0 aromatic carbocycles. The van der Waals surface area contributed by atoms with Crippen molar-refractivity contribution >= 4 is 11.4 Å². The molecule has 37 heavy (non-hydrogen) atoms. The second kappa shape index (κ2) is 8.21. The number of amides is 1. The first-order valence-corrected chi connectivity index (χ1v) is 10.8. The smallest absolute Gasteiger partial charge is 0.411 e. The molecule has 11 nitrogen and oxygen atoms in total. The quantitative estimate of drug-likeness (QED) is 0.361. The van der Waals surface area contributed by atoms with Crippen molar-refractivity contribution in [2.45, 2.75) is 25.2 Å². The highest BCUT2D eigenvalue weighted by atomic mass is 19.4. The first-order valence-electron chi connectivity index (χ1n) is 10.8. The minimum Gasteiger partial charge on any atom is -0.411 e. The summed E-state index contributed by atoms with van der Waals surface area (Å²) >= 11 is 0. The van der Waals surface area contributed by atoms with Gasteiger partial charge in [-0.1, -0.05) is 6.07 Å². The maximum Gasteiger partial charge on any atom is 0.504 e. The van der Waals surface area contributed by atoms with E-state index in [0.29, 0.717) is 23.8 Å². The van der Waals surface area contributed by atoms with Gasteiger partial charge < -0.3 is 14.3 Å². The lowest BCUT2D eigenvalue weighted by molar-refractivity contribution is -0.212. The van der Waals surface area contributed by atoms with Crippen LogP contribution < -0.4 is 0 Å². The molecule has 1 N–H and O–H groups in total. The third-order valence-corrected chi connectivity index (χ3v) is 5.90. The van der Waals surface area contributed by atoms with Crippen molar-refractivity contribution in [3.05, 3.63) is 71.5 Å². The topological polar surface area (TPSA) is 123 Å². The standard InChI is InChI=1S/C21H14F5N9O2/c22-17(23)14-3-1-2-10-8-13(32-35(10)14)16-15-11(27-9-28-15)4-6-33(16)20(36)19-30-29-18(37-19)12-5-7-34(31-12)21(24,25)26/h1-3,5,7-9,16-17H,4,6H2,(H,27,28)/t16-/m1/s1. The third-order valence-electron chi connectivity index (χ3n) is 5.90. The molecule has 16 heteroatoms. The lowest BCUT2D eigenvalue weighted by Crippen LogP contribution is -2.41. The number of pyridine rings is 1. The van der Waals surface area contributed by atoms with E-state index in [0.717, 1.165) is 16.3 Å². The van der Waals surface area contributed by atoms with E-state index in [-0.39, 0.29) is 34.2 Å². The first-order chi connectivity index (χ1) is 17.7. The normalized spacial score (nSPS) is 16.1. The van der Waals surface area contributed by atoms with Crippen LogP contribution in [0.2, 0.25) is 0 Å². The summed E-state index contributed by atoms with van der Waals surface area (Å²) < 4.78 is 71.9. The fourth-order valence-corrected chi connectivity index (χ4v) is 4.27. The molecule has 190 valence electrons. The Kier molecular flexibility index (Phi) is 5.06. The van der Waals surface area contributed by atoms with Crippen LogP contribution in [0.15, 0.2) is 47.3 Å². The van der Waals surface area contributed by atoms with Gasteiger partial charge in [0.1, 0.15) is 17.4 Å². The number of nitrogens with zero attached hydrogens (tertiary/aromatic N) is 8. The summed E-state index contributed by atoms with van der Waals surface area (Å²) in [5.41, 5.74) is 1.28. The lowest BCUT2D eigenvalue weighted by atomic mass is 9.99. The molecular formula is C21H14F5N9O2. The van der Waals surface area contributed by atoms with Crippen molar-refractivity contribution in [1.82, 2.24) is 44.5 Å². The number of aromatic nitrogens is 8. The molecular weight excluding hydrogens is 505 g/mol. The monoisotopic (exact) mass is 519 g/mol. The number of fused-ring (bicyclic) bond motifs is 2. The molecule has 1 amide bonds. The Morgan fingerprint density at radius 2 is 2.00 bits per heavy atom. The molecule has 0 fully saturated rings. The number of hydrogen-bond acceptors (Lipinski definition) is 7. The first kappa shape index (κ1) is 22.8. The Morgan fingerprint density at radius 1 is 1.16 bits per heavy atom. The Bertz CT molecular complexity index is 1620. The Hall–Kier alpha value is -4.63. The molecule has 1 aliphatic heterocycles. The molecule has 0 aliphatic carbocycles. The van der Waals surface area contributed by atoms with Gasteiger partial charge >= 0.3 is 18.1 Å². The van der Waals surface area contributed by atoms with Crippen LogP contribution in [0.4, 0.5) is 22.0 Å². The van der Waals surface area contributed by atoms with Crippen LogP contribution >= 0.6 is 0 Å². The predicted molar refractivity (Wildman–Crippen MR) is 112 cm³/mol. The van der Waals surface area contributed by atoms with Crippen LogP contribution in [0.3, 0.4) is 0 Å². The molecule has 0 bridgehead atoms. The van der Waals surface area contributed by atoms with Crippen LogP contribution in [-0.2, 0) is 12.7 Å². The molecule has 6 rings (SSSR count). The van der Waals surface area contributed by atoms with Crippen LogP contribution in [0.5, 0.6) is 0 Å². The minimum atomic E-state index is -4.74. The molecule has 1 atom stereocenters. The number of carbonyl (C=O) groups excluding carboxylic acids is 1. The second-order valence-electron chi connectivity index (χ2n) is 8.10. The number of aromatic amines is 1. The summed E-state index contributed by atoms with van der Waals surface area (Å²) in [5.74, 6) is -1.61. The number of imidazole rings is 1. The van der Waals surface area contributed by atoms with Gasteiger partial charge in [0.05, 0.1) is 23.2 Å². The van der Waals surface area contributed by atoms with Gasteiger partial charge in [0, 0.05) is 24.9 Å². The van der Waals surface area contributed by atoms with Gasteiger partial charge in [-0.3, -0.25) is 4.79 Å². The van der Waals surface area contributed by atoms with Crippen molar-refractivity contribution in [2.75, 3.05) is 6.54 Å². The average molecular weight is 519 g/mol. The van der Waals surface area contributed by atoms with E-state index < -0.39 is 30.6 Å². The number of alkyl halides is 5. The van der Waals surface area contributed by atoms with Gasteiger partial charge in [-0.15, -0.1) is 23.4 Å². The van der Waals surface area contributed by atoms with Crippen LogP contribution in [0.25, 0.3) is 17.1 Å². The van der Waals surface area contributed by atoms with Crippen molar-refractivity contribution in [2.24, 2.45) is 0 Å². The van der Waals surface area contributed by atoms with Gasteiger partial charge in [0.25, 0.3) is 12.3 Å². The zero-order valence-corrected chi connectivity index (χ0v) is 18.4. The summed E-state index contributed by atoms with van der Waals surface area (Å²) in [6.45, 7) is 0.161. The molecule has 0 radical (unpaired) electrons. The van der Waals surface area contributed by atoms with Gasteiger partial charge in [0.2, 0.25) is 0 Å². The fourth-order valence-electron chi connectivity index (χ4n) is 4.27. The van der Waals surface area contributed by atoms with Gasteiger partial charge in [0.15, 0.2) is 0 Å². The number of rotatable bonds is 4. The molecule has 5 aromatic rings. The molecule has 0 unspecified atom stereocenters. The predicted octanol–water partition coefficient (Wildman–Crippen LogP) is 3.51. The van der Waals surface area contributed by atoms with E-state index in [9.17, 15) is 26.7 Å². The van der Waals surface area contributed by atoms with Crippen molar-refractivity contribution in [3.63, 3.8) is 0 Å².